The SMILES string of the molecule is CCN(CC)CCc1nc(Cl)c2c(n1)[nH]c1ccc(OC)cc12. The normalized spacial score (nSPS) is 11.7. The Morgan fingerprint density at radius 3 is 2.70 bits per heavy atom. The van der Waals surface area contributed by atoms with Crippen molar-refractivity contribution in [3.63, 3.8) is 0 Å². The summed E-state index contributed by atoms with van der Waals surface area (Å²) in [5.41, 5.74) is 1.76. The summed E-state index contributed by atoms with van der Waals surface area (Å²) in [5.74, 6) is 1.56. The molecule has 1 aromatic carbocycles. The quantitative estimate of drug-likeness (QED) is 0.700. The molecule has 0 atom stereocenters. The van der Waals surface area contributed by atoms with Crippen molar-refractivity contribution in [3.05, 3.63) is 29.2 Å². The summed E-state index contributed by atoms with van der Waals surface area (Å²) in [6.45, 7) is 7.30. The van der Waals surface area contributed by atoms with E-state index in [1.165, 1.54) is 0 Å². The summed E-state index contributed by atoms with van der Waals surface area (Å²) >= 11 is 6.44. The van der Waals surface area contributed by atoms with Gasteiger partial charge in [0.25, 0.3) is 0 Å². The summed E-state index contributed by atoms with van der Waals surface area (Å²) in [7, 11) is 1.65. The largest absolute Gasteiger partial charge is 0.497 e. The van der Waals surface area contributed by atoms with Gasteiger partial charge in [-0.2, -0.15) is 0 Å². The first-order valence-electron chi connectivity index (χ1n) is 7.90. The van der Waals surface area contributed by atoms with Gasteiger partial charge in [0.2, 0.25) is 0 Å². The lowest BCUT2D eigenvalue weighted by atomic mass is 10.2. The summed E-state index contributed by atoms with van der Waals surface area (Å²) in [6.07, 6.45) is 0.788. The summed E-state index contributed by atoms with van der Waals surface area (Å²) in [6, 6.07) is 5.85. The van der Waals surface area contributed by atoms with Gasteiger partial charge < -0.3 is 14.6 Å². The Labute approximate surface area is 140 Å². The number of H-pyrrole nitrogens is 1. The van der Waals surface area contributed by atoms with Crippen molar-refractivity contribution in [2.75, 3.05) is 26.7 Å². The van der Waals surface area contributed by atoms with Gasteiger partial charge in [-0.15, -0.1) is 0 Å². The van der Waals surface area contributed by atoms with E-state index in [0.29, 0.717) is 5.15 Å². The van der Waals surface area contributed by atoms with E-state index in [2.05, 4.69) is 33.7 Å². The van der Waals surface area contributed by atoms with Crippen LogP contribution in [0, 0.1) is 0 Å². The van der Waals surface area contributed by atoms with Crippen LogP contribution in [0.25, 0.3) is 21.9 Å². The Balaban J connectivity index is 2.00. The first-order valence-corrected chi connectivity index (χ1v) is 8.28. The number of ether oxygens (including phenoxy) is 1. The predicted molar refractivity (Wildman–Crippen MR) is 94.4 cm³/mol. The van der Waals surface area contributed by atoms with E-state index in [0.717, 1.165) is 59.6 Å². The highest BCUT2D eigenvalue weighted by Crippen LogP contribution is 2.31. The van der Waals surface area contributed by atoms with Gasteiger partial charge in [0, 0.05) is 23.9 Å². The molecule has 0 spiro atoms. The molecule has 0 aliphatic rings. The van der Waals surface area contributed by atoms with E-state index in [-0.39, 0.29) is 0 Å². The Hall–Kier alpha value is -1.85. The molecule has 1 N–H and O–H groups in total. The number of hydrogen-bond acceptors (Lipinski definition) is 4. The fourth-order valence-electron chi connectivity index (χ4n) is 2.81. The highest BCUT2D eigenvalue weighted by molar-refractivity contribution is 6.36. The van der Waals surface area contributed by atoms with Gasteiger partial charge in [-0.1, -0.05) is 25.4 Å². The third kappa shape index (κ3) is 3.12. The molecule has 3 aromatic rings. The molecule has 0 bridgehead atoms. The van der Waals surface area contributed by atoms with Crippen LogP contribution in [0.3, 0.4) is 0 Å². The predicted octanol–water partition coefficient (Wildman–Crippen LogP) is 3.66. The number of likely N-dealkylation sites (N-methyl/N-ethyl adjacent to an activating group) is 1. The van der Waals surface area contributed by atoms with E-state index in [1.54, 1.807) is 7.11 Å². The molecule has 0 saturated heterocycles. The molecule has 0 unspecified atom stereocenters. The molecule has 0 saturated carbocycles. The minimum Gasteiger partial charge on any atom is -0.497 e. The van der Waals surface area contributed by atoms with Crippen molar-refractivity contribution in [3.8, 4) is 5.75 Å². The number of aromatic amines is 1. The van der Waals surface area contributed by atoms with Crippen LogP contribution in [0.2, 0.25) is 5.15 Å². The van der Waals surface area contributed by atoms with Gasteiger partial charge in [0.1, 0.15) is 22.4 Å². The number of benzene rings is 1. The number of nitrogens with one attached hydrogen (secondary N) is 1. The van der Waals surface area contributed by atoms with Crippen LogP contribution in [0.15, 0.2) is 18.2 Å². The maximum Gasteiger partial charge on any atom is 0.143 e. The van der Waals surface area contributed by atoms with Crippen LogP contribution in [-0.4, -0.2) is 46.6 Å². The average molecular weight is 333 g/mol. The molecular formula is C17H21ClN4O. The number of methoxy groups -OCH3 is 1. The molecule has 122 valence electrons. The molecule has 23 heavy (non-hydrogen) atoms. The Bertz CT molecular complexity index is 826. The number of nitrogens with zero attached hydrogens (tertiary/aromatic N) is 3. The lowest BCUT2D eigenvalue weighted by Crippen LogP contribution is -2.25. The molecule has 0 fully saturated rings. The highest BCUT2D eigenvalue weighted by atomic mass is 35.5. The second-order valence-electron chi connectivity index (χ2n) is 5.47. The third-order valence-electron chi connectivity index (χ3n) is 4.21. The van der Waals surface area contributed by atoms with Crippen LogP contribution >= 0.6 is 11.6 Å². The van der Waals surface area contributed by atoms with Gasteiger partial charge in [-0.25, -0.2) is 9.97 Å². The molecule has 0 aliphatic heterocycles. The first-order chi connectivity index (χ1) is 11.2. The number of halogens is 1. The van der Waals surface area contributed by atoms with E-state index in [9.17, 15) is 0 Å². The average Bonchev–Trinajstić information content (AvgIpc) is 2.93. The minimum absolute atomic E-state index is 0.490. The van der Waals surface area contributed by atoms with Gasteiger partial charge in [-0.05, 0) is 31.3 Å². The topological polar surface area (TPSA) is 54.0 Å². The number of aromatic nitrogens is 3. The summed E-state index contributed by atoms with van der Waals surface area (Å²) < 4.78 is 5.29. The molecule has 2 heterocycles. The zero-order chi connectivity index (χ0) is 16.4. The van der Waals surface area contributed by atoms with Gasteiger partial charge in [0.15, 0.2) is 0 Å². The molecule has 6 heteroatoms. The zero-order valence-electron chi connectivity index (χ0n) is 13.7. The van der Waals surface area contributed by atoms with Crippen molar-refractivity contribution in [1.29, 1.82) is 0 Å². The molecule has 2 aromatic heterocycles. The van der Waals surface area contributed by atoms with Crippen molar-refractivity contribution >= 4 is 33.5 Å². The molecule has 0 amide bonds. The van der Waals surface area contributed by atoms with Crippen molar-refractivity contribution in [2.24, 2.45) is 0 Å². The fourth-order valence-corrected chi connectivity index (χ4v) is 3.10. The standard InChI is InChI=1S/C17H21ClN4O/c1-4-22(5-2)9-8-14-20-16(18)15-12-10-11(23-3)6-7-13(12)19-17(15)21-14/h6-7,10H,4-5,8-9H2,1-3H3,(H,19,20,21). The van der Waals surface area contributed by atoms with E-state index in [4.69, 9.17) is 16.3 Å². The van der Waals surface area contributed by atoms with Gasteiger partial charge in [0.05, 0.1) is 12.5 Å². The Kier molecular flexibility index (Phi) is 4.68. The molecule has 5 nitrogen and oxygen atoms in total. The Morgan fingerprint density at radius 2 is 2.00 bits per heavy atom. The summed E-state index contributed by atoms with van der Waals surface area (Å²) in [5, 5.41) is 2.33. The van der Waals surface area contributed by atoms with Crippen molar-refractivity contribution in [2.45, 2.75) is 20.3 Å². The van der Waals surface area contributed by atoms with E-state index in [1.807, 2.05) is 18.2 Å². The van der Waals surface area contributed by atoms with Crippen LogP contribution in [0.5, 0.6) is 5.75 Å². The maximum absolute atomic E-state index is 6.44. The van der Waals surface area contributed by atoms with Gasteiger partial charge in [-0.3, -0.25) is 0 Å². The fraction of sp³-hybridized carbons (Fsp3) is 0.412. The second-order valence-corrected chi connectivity index (χ2v) is 5.83. The lowest BCUT2D eigenvalue weighted by Gasteiger charge is -2.17. The maximum atomic E-state index is 6.44. The first kappa shape index (κ1) is 16.0. The monoisotopic (exact) mass is 332 g/mol. The minimum atomic E-state index is 0.490. The van der Waals surface area contributed by atoms with E-state index < -0.39 is 0 Å². The zero-order valence-corrected chi connectivity index (χ0v) is 14.4. The van der Waals surface area contributed by atoms with Crippen LogP contribution < -0.4 is 4.74 Å². The summed E-state index contributed by atoms with van der Waals surface area (Å²) in [4.78, 5) is 14.8. The van der Waals surface area contributed by atoms with Crippen LogP contribution in [0.4, 0.5) is 0 Å². The molecule has 3 rings (SSSR count). The highest BCUT2D eigenvalue weighted by Gasteiger charge is 2.13. The molecule has 0 aliphatic carbocycles. The number of rotatable bonds is 6. The van der Waals surface area contributed by atoms with Crippen molar-refractivity contribution < 1.29 is 4.74 Å². The smallest absolute Gasteiger partial charge is 0.143 e. The van der Waals surface area contributed by atoms with Gasteiger partial charge >= 0.3 is 0 Å². The lowest BCUT2D eigenvalue weighted by molar-refractivity contribution is 0.306. The third-order valence-corrected chi connectivity index (χ3v) is 4.48. The van der Waals surface area contributed by atoms with Crippen molar-refractivity contribution in [1.82, 2.24) is 19.9 Å². The molecule has 0 radical (unpaired) electrons. The second kappa shape index (κ2) is 6.72. The number of hydrogen-bond donors (Lipinski definition) is 1. The van der Waals surface area contributed by atoms with Crippen LogP contribution in [0.1, 0.15) is 19.7 Å². The van der Waals surface area contributed by atoms with Crippen LogP contribution in [-0.2, 0) is 6.42 Å². The molecular weight excluding hydrogens is 312 g/mol. The van der Waals surface area contributed by atoms with E-state index >= 15 is 0 Å². The number of fused-ring (bicyclic) bond motifs is 3. The Morgan fingerprint density at radius 1 is 1.22 bits per heavy atom.